The molecule has 0 unspecified atom stereocenters. The Morgan fingerprint density at radius 2 is 1.73 bits per heavy atom. The van der Waals surface area contributed by atoms with Crippen molar-refractivity contribution in [3.05, 3.63) is 70.3 Å². The van der Waals surface area contributed by atoms with Crippen LogP contribution in [-0.2, 0) is 15.6 Å². The second kappa shape index (κ2) is 7.41. The van der Waals surface area contributed by atoms with Gasteiger partial charge in [-0.05, 0) is 37.1 Å². The van der Waals surface area contributed by atoms with E-state index in [0.29, 0.717) is 23.0 Å². The Morgan fingerprint density at radius 3 is 2.46 bits per heavy atom. The number of aryl methyl sites for hydroxylation is 1. The van der Waals surface area contributed by atoms with Crippen LogP contribution in [0.25, 0.3) is 16.6 Å². The van der Waals surface area contributed by atoms with Gasteiger partial charge in [-0.15, -0.1) is 0 Å². The zero-order chi connectivity index (χ0) is 18.7. The number of sulfone groups is 1. The number of para-hydroxylation sites is 2. The van der Waals surface area contributed by atoms with Gasteiger partial charge in [-0.3, -0.25) is 9.36 Å². The molecule has 2 aromatic carbocycles. The molecular formula is C20H22N2O3S. The number of unbranched alkanes of at least 4 members (excludes halogenated alkanes) is 1. The minimum Gasteiger partial charge on any atom is -0.268 e. The van der Waals surface area contributed by atoms with Crippen LogP contribution in [0.4, 0.5) is 0 Å². The van der Waals surface area contributed by atoms with E-state index >= 15 is 0 Å². The van der Waals surface area contributed by atoms with Crippen molar-refractivity contribution in [1.82, 2.24) is 9.55 Å². The molecule has 3 aromatic rings. The van der Waals surface area contributed by atoms with Crippen LogP contribution in [0.3, 0.4) is 0 Å². The zero-order valence-corrected chi connectivity index (χ0v) is 15.8. The molecule has 26 heavy (non-hydrogen) atoms. The zero-order valence-electron chi connectivity index (χ0n) is 15.0. The third-order valence-electron chi connectivity index (χ3n) is 4.36. The summed E-state index contributed by atoms with van der Waals surface area (Å²) in [6.45, 7) is 3.85. The SMILES string of the molecule is CCCCS(=O)(=O)Cc1nc2ccccc2c(=O)n1-c1ccccc1C. The van der Waals surface area contributed by atoms with Gasteiger partial charge in [0.1, 0.15) is 11.6 Å². The number of hydrogen-bond acceptors (Lipinski definition) is 4. The fraction of sp³-hybridized carbons (Fsp3) is 0.300. The summed E-state index contributed by atoms with van der Waals surface area (Å²) in [5.74, 6) is 0.112. The molecule has 0 saturated carbocycles. The lowest BCUT2D eigenvalue weighted by Crippen LogP contribution is -2.26. The lowest BCUT2D eigenvalue weighted by atomic mass is 10.2. The first-order valence-electron chi connectivity index (χ1n) is 8.70. The maximum absolute atomic E-state index is 13.1. The first-order valence-corrected chi connectivity index (χ1v) is 10.5. The van der Waals surface area contributed by atoms with Crippen LogP contribution in [-0.4, -0.2) is 23.7 Å². The molecule has 0 spiro atoms. The van der Waals surface area contributed by atoms with E-state index in [-0.39, 0.29) is 22.9 Å². The van der Waals surface area contributed by atoms with E-state index < -0.39 is 9.84 Å². The molecule has 136 valence electrons. The normalized spacial score (nSPS) is 11.8. The highest BCUT2D eigenvalue weighted by Gasteiger charge is 2.20. The van der Waals surface area contributed by atoms with Gasteiger partial charge in [0, 0.05) is 0 Å². The molecule has 0 fully saturated rings. The number of hydrogen-bond donors (Lipinski definition) is 0. The Labute approximate surface area is 153 Å². The Kier molecular flexibility index (Phi) is 5.23. The van der Waals surface area contributed by atoms with E-state index in [4.69, 9.17) is 0 Å². The number of aromatic nitrogens is 2. The van der Waals surface area contributed by atoms with Crippen LogP contribution in [0.1, 0.15) is 31.2 Å². The summed E-state index contributed by atoms with van der Waals surface area (Å²) in [6, 6.07) is 14.5. The Balaban J connectivity index is 2.25. The van der Waals surface area contributed by atoms with Crippen LogP contribution in [0.15, 0.2) is 53.3 Å². The molecule has 0 N–H and O–H groups in total. The highest BCUT2D eigenvalue weighted by atomic mass is 32.2. The summed E-state index contributed by atoms with van der Waals surface area (Å²) in [5.41, 5.74) is 1.82. The summed E-state index contributed by atoms with van der Waals surface area (Å²) in [6.07, 6.45) is 1.40. The van der Waals surface area contributed by atoms with Gasteiger partial charge in [0.05, 0.1) is 22.3 Å². The standard InChI is InChI=1S/C20H22N2O3S/c1-3-4-13-26(24,25)14-19-21-17-11-7-6-10-16(17)20(23)22(19)18-12-8-5-9-15(18)2/h5-12H,3-4,13-14H2,1-2H3. The van der Waals surface area contributed by atoms with Crippen molar-refractivity contribution in [2.24, 2.45) is 0 Å². The smallest absolute Gasteiger partial charge is 0.266 e. The Hall–Kier alpha value is -2.47. The minimum absolute atomic E-state index is 0.0972. The average Bonchev–Trinajstić information content (AvgIpc) is 2.61. The number of fused-ring (bicyclic) bond motifs is 1. The molecule has 6 heteroatoms. The van der Waals surface area contributed by atoms with E-state index in [1.807, 2.05) is 38.1 Å². The van der Waals surface area contributed by atoms with Crippen molar-refractivity contribution in [2.75, 3.05) is 5.75 Å². The van der Waals surface area contributed by atoms with E-state index in [1.54, 1.807) is 24.3 Å². The van der Waals surface area contributed by atoms with Gasteiger partial charge < -0.3 is 0 Å². The van der Waals surface area contributed by atoms with Gasteiger partial charge >= 0.3 is 0 Å². The van der Waals surface area contributed by atoms with Gasteiger partial charge in [-0.2, -0.15) is 0 Å². The van der Waals surface area contributed by atoms with E-state index in [2.05, 4.69) is 4.98 Å². The second-order valence-electron chi connectivity index (χ2n) is 6.42. The summed E-state index contributed by atoms with van der Waals surface area (Å²) in [7, 11) is -3.35. The van der Waals surface area contributed by atoms with Gasteiger partial charge in [0.25, 0.3) is 5.56 Å². The van der Waals surface area contributed by atoms with Gasteiger partial charge in [-0.25, -0.2) is 13.4 Å². The lowest BCUT2D eigenvalue weighted by molar-refractivity contribution is 0.589. The third kappa shape index (κ3) is 3.70. The van der Waals surface area contributed by atoms with Gasteiger partial charge in [0.15, 0.2) is 9.84 Å². The van der Waals surface area contributed by atoms with Crippen molar-refractivity contribution in [2.45, 2.75) is 32.4 Å². The van der Waals surface area contributed by atoms with Crippen molar-refractivity contribution in [1.29, 1.82) is 0 Å². The molecule has 0 aliphatic rings. The summed E-state index contributed by atoms with van der Waals surface area (Å²) >= 11 is 0. The molecule has 0 amide bonds. The molecule has 0 bridgehead atoms. The first-order chi connectivity index (χ1) is 12.4. The van der Waals surface area contributed by atoms with Crippen molar-refractivity contribution in [3.63, 3.8) is 0 Å². The Bertz CT molecular complexity index is 1100. The van der Waals surface area contributed by atoms with Crippen LogP contribution < -0.4 is 5.56 Å². The Morgan fingerprint density at radius 1 is 1.04 bits per heavy atom. The highest BCUT2D eigenvalue weighted by Crippen LogP contribution is 2.18. The van der Waals surface area contributed by atoms with Crippen LogP contribution in [0, 0.1) is 6.92 Å². The maximum atomic E-state index is 13.1. The fourth-order valence-electron chi connectivity index (χ4n) is 2.97. The average molecular weight is 370 g/mol. The predicted molar refractivity (Wildman–Crippen MR) is 104 cm³/mol. The van der Waals surface area contributed by atoms with Crippen LogP contribution >= 0.6 is 0 Å². The van der Waals surface area contributed by atoms with E-state index in [0.717, 1.165) is 12.0 Å². The van der Waals surface area contributed by atoms with Gasteiger partial charge in [0.2, 0.25) is 0 Å². The van der Waals surface area contributed by atoms with E-state index in [9.17, 15) is 13.2 Å². The summed E-state index contributed by atoms with van der Waals surface area (Å²) in [5, 5.41) is 0.477. The van der Waals surface area contributed by atoms with E-state index in [1.165, 1.54) is 4.57 Å². The minimum atomic E-state index is -3.35. The van der Waals surface area contributed by atoms with Crippen molar-refractivity contribution in [3.8, 4) is 5.69 Å². The molecule has 0 aliphatic heterocycles. The molecule has 1 aromatic heterocycles. The number of benzene rings is 2. The van der Waals surface area contributed by atoms with Crippen molar-refractivity contribution >= 4 is 20.7 Å². The third-order valence-corrected chi connectivity index (χ3v) is 5.97. The topological polar surface area (TPSA) is 69.0 Å². The summed E-state index contributed by atoms with van der Waals surface area (Å²) in [4.78, 5) is 17.7. The molecule has 0 saturated heterocycles. The molecule has 0 radical (unpaired) electrons. The number of rotatable bonds is 6. The first kappa shape index (κ1) is 18.3. The lowest BCUT2D eigenvalue weighted by Gasteiger charge is -2.15. The number of nitrogens with zero attached hydrogens (tertiary/aromatic N) is 2. The molecule has 3 rings (SSSR count). The predicted octanol–water partition coefficient (Wildman–Crippen LogP) is 3.41. The summed E-state index contributed by atoms with van der Waals surface area (Å²) < 4.78 is 26.5. The monoisotopic (exact) mass is 370 g/mol. The molecular weight excluding hydrogens is 348 g/mol. The maximum Gasteiger partial charge on any atom is 0.266 e. The van der Waals surface area contributed by atoms with Crippen molar-refractivity contribution < 1.29 is 8.42 Å². The molecule has 0 atom stereocenters. The van der Waals surface area contributed by atoms with Crippen LogP contribution in [0.2, 0.25) is 0 Å². The highest BCUT2D eigenvalue weighted by molar-refractivity contribution is 7.90. The van der Waals surface area contributed by atoms with Crippen LogP contribution in [0.5, 0.6) is 0 Å². The fourth-order valence-corrected chi connectivity index (χ4v) is 4.43. The quantitative estimate of drug-likeness (QED) is 0.667. The molecule has 5 nitrogen and oxygen atoms in total. The largest absolute Gasteiger partial charge is 0.268 e. The second-order valence-corrected chi connectivity index (χ2v) is 8.60. The van der Waals surface area contributed by atoms with Gasteiger partial charge in [-0.1, -0.05) is 43.7 Å². The molecule has 1 heterocycles. The molecule has 0 aliphatic carbocycles.